The van der Waals surface area contributed by atoms with Gasteiger partial charge < -0.3 is 5.32 Å². The van der Waals surface area contributed by atoms with E-state index in [4.69, 9.17) is 0 Å². The molecule has 2 rings (SSSR count). The molecule has 2 heterocycles. The first kappa shape index (κ1) is 16.7. The van der Waals surface area contributed by atoms with Crippen LogP contribution in [0.3, 0.4) is 0 Å². The Kier molecular flexibility index (Phi) is 6.42. The van der Waals surface area contributed by atoms with Crippen LogP contribution in [-0.4, -0.2) is 28.7 Å². The van der Waals surface area contributed by atoms with Crippen LogP contribution in [-0.2, 0) is 24.2 Å². The van der Waals surface area contributed by atoms with E-state index in [1.54, 1.807) is 0 Å². The summed E-state index contributed by atoms with van der Waals surface area (Å²) in [6, 6.07) is 0. The number of nitrogens with zero attached hydrogens (tertiary/aromatic N) is 2. The van der Waals surface area contributed by atoms with Crippen LogP contribution in [0.4, 0.5) is 0 Å². The summed E-state index contributed by atoms with van der Waals surface area (Å²) in [4.78, 5) is 12.3. The number of piperidine rings is 1. The van der Waals surface area contributed by atoms with Gasteiger partial charge in [-0.1, -0.05) is 6.92 Å². The highest BCUT2D eigenvalue weighted by molar-refractivity contribution is 9.10. The van der Waals surface area contributed by atoms with E-state index >= 15 is 0 Å². The van der Waals surface area contributed by atoms with E-state index in [0.717, 1.165) is 48.3 Å². The standard InChI is InChI=1S/C16H26BrN3O/c1-3-14-16(17)15(20(4-2)19-14)10-13(21)8-7-12-6-5-9-18-11-12/h12,18H,3-11H2,1-2H3. The Labute approximate surface area is 135 Å². The van der Waals surface area contributed by atoms with E-state index in [0.29, 0.717) is 24.5 Å². The molecule has 0 saturated carbocycles. The molecule has 0 amide bonds. The molecule has 5 heteroatoms. The third kappa shape index (κ3) is 4.39. The molecule has 0 aromatic carbocycles. The Bertz CT molecular complexity index is 478. The number of carbonyl (C=O) groups excluding carboxylic acids is 1. The third-order valence-corrected chi connectivity index (χ3v) is 5.20. The molecule has 1 N–H and O–H groups in total. The van der Waals surface area contributed by atoms with Crippen LogP contribution in [0.2, 0.25) is 0 Å². The second-order valence-electron chi connectivity index (χ2n) is 5.84. The smallest absolute Gasteiger partial charge is 0.138 e. The van der Waals surface area contributed by atoms with Crippen molar-refractivity contribution < 1.29 is 4.79 Å². The van der Waals surface area contributed by atoms with Crippen LogP contribution in [0, 0.1) is 5.92 Å². The Balaban J connectivity index is 1.91. The number of nitrogens with one attached hydrogen (secondary N) is 1. The van der Waals surface area contributed by atoms with Crippen molar-refractivity contribution in [3.63, 3.8) is 0 Å². The first-order valence-corrected chi connectivity index (χ1v) is 8.91. The fraction of sp³-hybridized carbons (Fsp3) is 0.750. The van der Waals surface area contributed by atoms with Gasteiger partial charge in [0.25, 0.3) is 0 Å². The van der Waals surface area contributed by atoms with Gasteiger partial charge >= 0.3 is 0 Å². The van der Waals surface area contributed by atoms with Gasteiger partial charge in [0.15, 0.2) is 0 Å². The first-order valence-electron chi connectivity index (χ1n) is 8.12. The largest absolute Gasteiger partial charge is 0.316 e. The molecule has 1 fully saturated rings. The summed E-state index contributed by atoms with van der Waals surface area (Å²) in [5.74, 6) is 1.01. The second-order valence-corrected chi connectivity index (χ2v) is 6.64. The SMILES string of the molecule is CCc1nn(CC)c(CC(=O)CCC2CCCNC2)c1Br. The van der Waals surface area contributed by atoms with Gasteiger partial charge in [-0.2, -0.15) is 5.10 Å². The predicted molar refractivity (Wildman–Crippen MR) is 88.5 cm³/mol. The van der Waals surface area contributed by atoms with Crippen molar-refractivity contribution in [1.82, 2.24) is 15.1 Å². The molecule has 1 saturated heterocycles. The monoisotopic (exact) mass is 355 g/mol. The average Bonchev–Trinajstić information content (AvgIpc) is 2.82. The molecule has 0 bridgehead atoms. The van der Waals surface area contributed by atoms with Crippen LogP contribution in [0.25, 0.3) is 0 Å². The average molecular weight is 356 g/mol. The van der Waals surface area contributed by atoms with E-state index in [1.165, 1.54) is 12.8 Å². The van der Waals surface area contributed by atoms with Crippen molar-refractivity contribution in [2.24, 2.45) is 5.92 Å². The van der Waals surface area contributed by atoms with Crippen LogP contribution >= 0.6 is 15.9 Å². The molecule has 1 aromatic rings. The third-order valence-electron chi connectivity index (χ3n) is 4.29. The maximum atomic E-state index is 12.3. The van der Waals surface area contributed by atoms with Gasteiger partial charge in [0.05, 0.1) is 15.9 Å². The van der Waals surface area contributed by atoms with E-state index < -0.39 is 0 Å². The Hall–Kier alpha value is -0.680. The molecular formula is C16H26BrN3O. The van der Waals surface area contributed by atoms with Gasteiger partial charge in [0, 0.05) is 19.4 Å². The number of hydrogen-bond donors (Lipinski definition) is 1. The molecule has 4 nitrogen and oxygen atoms in total. The maximum absolute atomic E-state index is 12.3. The Morgan fingerprint density at radius 2 is 2.29 bits per heavy atom. The van der Waals surface area contributed by atoms with Crippen LogP contribution < -0.4 is 5.32 Å². The number of aromatic nitrogens is 2. The van der Waals surface area contributed by atoms with Crippen molar-refractivity contribution in [1.29, 1.82) is 0 Å². The zero-order chi connectivity index (χ0) is 15.2. The second kappa shape index (κ2) is 8.08. The molecule has 1 aliphatic rings. The number of aryl methyl sites for hydroxylation is 2. The van der Waals surface area contributed by atoms with Crippen molar-refractivity contribution in [2.75, 3.05) is 13.1 Å². The van der Waals surface area contributed by atoms with Crippen molar-refractivity contribution in [2.45, 2.75) is 58.9 Å². The summed E-state index contributed by atoms with van der Waals surface area (Å²) in [6.45, 7) is 7.18. The summed E-state index contributed by atoms with van der Waals surface area (Å²) < 4.78 is 2.99. The van der Waals surface area contributed by atoms with Crippen molar-refractivity contribution >= 4 is 21.7 Å². The number of Topliss-reactive ketones (excluding diaryl/α,β-unsaturated/α-hetero) is 1. The lowest BCUT2D eigenvalue weighted by molar-refractivity contribution is -0.118. The van der Waals surface area contributed by atoms with Gasteiger partial charge in [-0.25, -0.2) is 0 Å². The zero-order valence-corrected chi connectivity index (χ0v) is 14.7. The van der Waals surface area contributed by atoms with E-state index in [1.807, 2.05) is 4.68 Å². The number of hydrogen-bond acceptors (Lipinski definition) is 3. The lowest BCUT2D eigenvalue weighted by Gasteiger charge is -2.22. The van der Waals surface area contributed by atoms with E-state index in [2.05, 4.69) is 40.2 Å². The lowest BCUT2D eigenvalue weighted by atomic mass is 9.93. The summed E-state index contributed by atoms with van der Waals surface area (Å²) in [5, 5.41) is 7.97. The van der Waals surface area contributed by atoms with Gasteiger partial charge in [-0.3, -0.25) is 9.48 Å². The summed E-state index contributed by atoms with van der Waals surface area (Å²) in [7, 11) is 0. The van der Waals surface area contributed by atoms with Gasteiger partial charge in [0.1, 0.15) is 5.78 Å². The molecule has 0 aliphatic carbocycles. The zero-order valence-electron chi connectivity index (χ0n) is 13.1. The molecule has 0 spiro atoms. The molecule has 21 heavy (non-hydrogen) atoms. The van der Waals surface area contributed by atoms with Gasteiger partial charge in [-0.05, 0) is 67.5 Å². The highest BCUT2D eigenvalue weighted by Crippen LogP contribution is 2.24. The molecule has 1 aromatic heterocycles. The Morgan fingerprint density at radius 1 is 1.48 bits per heavy atom. The fourth-order valence-corrected chi connectivity index (χ4v) is 3.70. The predicted octanol–water partition coefficient (Wildman–Crippen LogP) is 3.12. The van der Waals surface area contributed by atoms with Crippen molar-refractivity contribution in [3.8, 4) is 0 Å². The quantitative estimate of drug-likeness (QED) is 0.817. The van der Waals surface area contributed by atoms with Crippen LogP contribution in [0.15, 0.2) is 4.47 Å². The maximum Gasteiger partial charge on any atom is 0.138 e. The highest BCUT2D eigenvalue weighted by Gasteiger charge is 2.18. The molecule has 0 radical (unpaired) electrons. The minimum atomic E-state index is 0.332. The Morgan fingerprint density at radius 3 is 2.90 bits per heavy atom. The molecule has 1 unspecified atom stereocenters. The van der Waals surface area contributed by atoms with E-state index in [-0.39, 0.29) is 0 Å². The fourth-order valence-electron chi connectivity index (χ4n) is 3.00. The minimum Gasteiger partial charge on any atom is -0.316 e. The number of carbonyl (C=O) groups is 1. The topological polar surface area (TPSA) is 46.9 Å². The summed E-state index contributed by atoms with van der Waals surface area (Å²) in [5.41, 5.74) is 2.09. The van der Waals surface area contributed by atoms with E-state index in [9.17, 15) is 4.79 Å². The lowest BCUT2D eigenvalue weighted by Crippen LogP contribution is -2.30. The number of halogens is 1. The molecule has 1 aliphatic heterocycles. The molecule has 1 atom stereocenters. The number of rotatable bonds is 7. The van der Waals surface area contributed by atoms with Crippen molar-refractivity contribution in [3.05, 3.63) is 15.9 Å². The molecule has 118 valence electrons. The van der Waals surface area contributed by atoms with Gasteiger partial charge in [0.2, 0.25) is 0 Å². The highest BCUT2D eigenvalue weighted by atomic mass is 79.9. The summed E-state index contributed by atoms with van der Waals surface area (Å²) >= 11 is 3.61. The summed E-state index contributed by atoms with van der Waals surface area (Å²) in [6.07, 6.45) is 5.60. The molecular weight excluding hydrogens is 330 g/mol. The van der Waals surface area contributed by atoms with Crippen LogP contribution in [0.5, 0.6) is 0 Å². The normalized spacial score (nSPS) is 18.9. The minimum absolute atomic E-state index is 0.332. The van der Waals surface area contributed by atoms with Gasteiger partial charge in [-0.15, -0.1) is 0 Å². The first-order chi connectivity index (χ1) is 10.2. The van der Waals surface area contributed by atoms with Crippen LogP contribution in [0.1, 0.15) is 50.9 Å². The number of ketones is 1.